The van der Waals surface area contributed by atoms with E-state index in [-0.39, 0.29) is 5.91 Å². The Balaban J connectivity index is 1.91. The molecule has 0 bridgehead atoms. The molecule has 0 saturated heterocycles. The van der Waals surface area contributed by atoms with Crippen LogP contribution in [0.1, 0.15) is 25.7 Å². The first-order chi connectivity index (χ1) is 13.2. The third-order valence-corrected chi connectivity index (χ3v) is 5.90. The maximum Gasteiger partial charge on any atom is 0.266 e. The monoisotopic (exact) mass is 392 g/mol. The van der Waals surface area contributed by atoms with Crippen molar-refractivity contribution in [1.29, 1.82) is 0 Å². The summed E-state index contributed by atoms with van der Waals surface area (Å²) in [7, 11) is 0. The van der Waals surface area contributed by atoms with E-state index in [1.54, 1.807) is 11.8 Å². The lowest BCUT2D eigenvalue weighted by Gasteiger charge is -2.13. The minimum absolute atomic E-state index is 0.124. The van der Waals surface area contributed by atoms with Gasteiger partial charge < -0.3 is 5.32 Å². The molecule has 5 heteroatoms. The molecule has 1 aromatic heterocycles. The molecule has 3 rings (SSSR count). The molecule has 3 nitrogen and oxygen atoms in total. The number of hydrogen-bond acceptors (Lipinski definition) is 4. The molecule has 1 amide bonds. The first-order valence-electron chi connectivity index (χ1n) is 8.48. The average molecular weight is 393 g/mol. The van der Waals surface area contributed by atoms with E-state index in [1.165, 1.54) is 16.9 Å². The molecule has 0 aliphatic rings. The Hall–Kier alpha value is -2.63. The van der Waals surface area contributed by atoms with Gasteiger partial charge in [0.15, 0.2) is 0 Å². The zero-order valence-corrected chi connectivity index (χ0v) is 16.6. The molecule has 2 aromatic carbocycles. The molecule has 1 heterocycles. The van der Waals surface area contributed by atoms with Crippen molar-refractivity contribution in [1.82, 2.24) is 5.32 Å². The van der Waals surface area contributed by atoms with Gasteiger partial charge in [-0.15, -0.1) is 23.1 Å². The maximum atomic E-state index is 12.7. The Morgan fingerprint density at radius 1 is 1.04 bits per heavy atom. The lowest BCUT2D eigenvalue weighted by molar-refractivity contribution is 0.0973. The second-order valence-electron chi connectivity index (χ2n) is 5.84. The third kappa shape index (κ3) is 5.18. The Kier molecular flexibility index (Phi) is 6.63. The van der Waals surface area contributed by atoms with Crippen LogP contribution in [-0.4, -0.2) is 12.6 Å². The van der Waals surface area contributed by atoms with E-state index in [4.69, 9.17) is 0 Å². The SMILES string of the molecule is C=N/C(=C(/NC(=O)c1ccc(C)s1)SCc1ccccc1)c1ccccc1. The summed E-state index contributed by atoms with van der Waals surface area (Å²) in [6.07, 6.45) is 0. The van der Waals surface area contributed by atoms with Crippen LogP contribution >= 0.6 is 23.1 Å². The number of aryl methyl sites for hydroxylation is 1. The van der Waals surface area contributed by atoms with Crippen molar-refractivity contribution in [2.45, 2.75) is 12.7 Å². The minimum Gasteiger partial charge on any atom is -0.314 e. The number of amides is 1. The highest BCUT2D eigenvalue weighted by atomic mass is 32.2. The Labute approximate surface area is 167 Å². The Morgan fingerprint density at radius 3 is 2.30 bits per heavy atom. The molecule has 0 fully saturated rings. The van der Waals surface area contributed by atoms with Crippen molar-refractivity contribution in [3.05, 3.63) is 98.7 Å². The van der Waals surface area contributed by atoms with Crippen molar-refractivity contribution in [3.63, 3.8) is 0 Å². The summed E-state index contributed by atoms with van der Waals surface area (Å²) in [6, 6.07) is 23.7. The van der Waals surface area contributed by atoms with Crippen LogP contribution in [0.5, 0.6) is 0 Å². The van der Waals surface area contributed by atoms with Crippen LogP contribution in [0.25, 0.3) is 5.70 Å². The van der Waals surface area contributed by atoms with Crippen molar-refractivity contribution in [3.8, 4) is 0 Å². The Bertz CT molecular complexity index is 947. The van der Waals surface area contributed by atoms with E-state index >= 15 is 0 Å². The van der Waals surface area contributed by atoms with Crippen molar-refractivity contribution < 1.29 is 4.79 Å². The summed E-state index contributed by atoms with van der Waals surface area (Å²) in [4.78, 5) is 18.7. The van der Waals surface area contributed by atoms with Crippen molar-refractivity contribution in [2.75, 3.05) is 0 Å². The number of carbonyl (C=O) groups is 1. The number of hydrogen-bond donors (Lipinski definition) is 1. The highest BCUT2D eigenvalue weighted by Gasteiger charge is 2.15. The minimum atomic E-state index is -0.124. The summed E-state index contributed by atoms with van der Waals surface area (Å²) in [5.41, 5.74) is 2.78. The van der Waals surface area contributed by atoms with Crippen LogP contribution in [0, 0.1) is 6.92 Å². The molecule has 136 valence electrons. The van der Waals surface area contributed by atoms with Crippen LogP contribution in [-0.2, 0) is 5.75 Å². The smallest absolute Gasteiger partial charge is 0.266 e. The van der Waals surface area contributed by atoms with E-state index in [0.29, 0.717) is 15.6 Å². The number of rotatable bonds is 7. The molecule has 0 atom stereocenters. The molecule has 27 heavy (non-hydrogen) atoms. The molecule has 3 aromatic rings. The molecule has 0 aliphatic heterocycles. The number of thiophene rings is 1. The highest BCUT2D eigenvalue weighted by Crippen LogP contribution is 2.29. The molecule has 1 N–H and O–H groups in total. The summed E-state index contributed by atoms with van der Waals surface area (Å²) >= 11 is 3.03. The number of benzene rings is 2. The number of nitrogens with zero attached hydrogens (tertiary/aromatic N) is 1. The first kappa shape index (κ1) is 19.1. The van der Waals surface area contributed by atoms with E-state index in [9.17, 15) is 4.79 Å². The quantitative estimate of drug-likeness (QED) is 0.520. The number of thioether (sulfide) groups is 1. The summed E-state index contributed by atoms with van der Waals surface area (Å²) < 4.78 is 0. The van der Waals surface area contributed by atoms with Gasteiger partial charge in [0, 0.05) is 16.2 Å². The van der Waals surface area contributed by atoms with Gasteiger partial charge in [0.1, 0.15) is 5.03 Å². The van der Waals surface area contributed by atoms with Crippen LogP contribution in [0.4, 0.5) is 0 Å². The van der Waals surface area contributed by atoms with Gasteiger partial charge in [0.05, 0.1) is 10.6 Å². The van der Waals surface area contributed by atoms with Crippen LogP contribution in [0.3, 0.4) is 0 Å². The van der Waals surface area contributed by atoms with Gasteiger partial charge >= 0.3 is 0 Å². The fourth-order valence-corrected chi connectivity index (χ4v) is 4.26. The van der Waals surface area contributed by atoms with Gasteiger partial charge in [0.25, 0.3) is 5.91 Å². The zero-order valence-electron chi connectivity index (χ0n) is 15.0. The van der Waals surface area contributed by atoms with Crippen LogP contribution in [0.2, 0.25) is 0 Å². The maximum absolute atomic E-state index is 12.7. The Morgan fingerprint density at radius 2 is 1.70 bits per heavy atom. The lowest BCUT2D eigenvalue weighted by atomic mass is 10.2. The average Bonchev–Trinajstić information content (AvgIpc) is 3.14. The van der Waals surface area contributed by atoms with Crippen LogP contribution < -0.4 is 5.32 Å². The zero-order chi connectivity index (χ0) is 19.1. The van der Waals surface area contributed by atoms with Gasteiger partial charge in [0.2, 0.25) is 0 Å². The summed E-state index contributed by atoms with van der Waals surface area (Å²) in [6.45, 7) is 5.72. The van der Waals surface area contributed by atoms with E-state index in [2.05, 4.69) is 29.2 Å². The first-order valence-corrected chi connectivity index (χ1v) is 10.3. The summed E-state index contributed by atoms with van der Waals surface area (Å²) in [5.74, 6) is 0.604. The molecule has 0 radical (unpaired) electrons. The largest absolute Gasteiger partial charge is 0.314 e. The fourth-order valence-electron chi connectivity index (χ4n) is 2.50. The molecule has 0 spiro atoms. The van der Waals surface area contributed by atoms with Gasteiger partial charge in [-0.05, 0) is 31.3 Å². The predicted octanol–water partition coefficient (Wildman–Crippen LogP) is 5.75. The molecule has 0 aliphatic carbocycles. The van der Waals surface area contributed by atoms with Crippen molar-refractivity contribution in [2.24, 2.45) is 4.99 Å². The van der Waals surface area contributed by atoms with Gasteiger partial charge in [-0.3, -0.25) is 9.79 Å². The third-order valence-electron chi connectivity index (χ3n) is 3.84. The number of aliphatic imine (C=N–C) groups is 1. The normalized spacial score (nSPS) is 11.6. The lowest BCUT2D eigenvalue weighted by Crippen LogP contribution is -2.21. The van der Waals surface area contributed by atoms with Crippen LogP contribution in [0.15, 0.2) is 82.8 Å². The second-order valence-corrected chi connectivity index (χ2v) is 8.11. The summed E-state index contributed by atoms with van der Waals surface area (Å²) in [5, 5.41) is 3.75. The molecular weight excluding hydrogens is 372 g/mol. The second kappa shape index (κ2) is 9.35. The van der Waals surface area contributed by atoms with Gasteiger partial charge in [-0.25, -0.2) is 0 Å². The van der Waals surface area contributed by atoms with E-state index in [0.717, 1.165) is 16.2 Å². The number of nitrogens with one attached hydrogen (secondary N) is 1. The highest BCUT2D eigenvalue weighted by molar-refractivity contribution is 8.02. The topological polar surface area (TPSA) is 41.5 Å². The molecule has 0 unspecified atom stereocenters. The van der Waals surface area contributed by atoms with Gasteiger partial charge in [-0.1, -0.05) is 60.7 Å². The van der Waals surface area contributed by atoms with Gasteiger partial charge in [-0.2, -0.15) is 0 Å². The van der Waals surface area contributed by atoms with E-state index in [1.807, 2.05) is 67.6 Å². The van der Waals surface area contributed by atoms with E-state index < -0.39 is 0 Å². The molecular formula is C22H20N2OS2. The number of carbonyl (C=O) groups excluding carboxylic acids is 1. The molecule has 0 saturated carbocycles. The predicted molar refractivity (Wildman–Crippen MR) is 117 cm³/mol. The van der Waals surface area contributed by atoms with Crippen molar-refractivity contribution >= 4 is 41.4 Å². The standard InChI is InChI=1S/C22H20N2OS2/c1-16-13-14-19(27-16)21(25)24-22(26-15-17-9-5-3-6-10-17)20(23-2)18-11-7-4-8-12-18/h3-14H,2,15H2,1H3,(H,24,25)/b22-20-. The fraction of sp³-hybridized carbons (Fsp3) is 0.0909.